The number of rotatable bonds is 7. The molecule has 1 fully saturated rings. The van der Waals surface area contributed by atoms with Crippen molar-refractivity contribution in [2.75, 3.05) is 0 Å². The van der Waals surface area contributed by atoms with Gasteiger partial charge in [0, 0.05) is 6.92 Å². The van der Waals surface area contributed by atoms with E-state index in [2.05, 4.69) is 5.32 Å². The van der Waals surface area contributed by atoms with Crippen molar-refractivity contribution in [3.8, 4) is 0 Å². The Morgan fingerprint density at radius 2 is 1.44 bits per heavy atom. The Morgan fingerprint density at radius 3 is 1.84 bits per heavy atom. The molecule has 1 aliphatic heterocycles. The molecule has 1 N–H and O–H groups in total. The number of nitrogens with zero attached hydrogens (tertiary/aromatic N) is 1. The Balaban J connectivity index is 1.85. The number of ether oxygens (including phenoxy) is 1. The van der Waals surface area contributed by atoms with Crippen LogP contribution in [0.15, 0.2) is 71.9 Å². The average molecular weight is 455 g/mol. The maximum atomic E-state index is 13.2. The molecule has 1 unspecified atom stereocenters. The number of carbonyl (C=O) groups excluding carboxylic acids is 4. The number of likely N-dealkylation sites (tertiary alicyclic amines) is 1. The van der Waals surface area contributed by atoms with E-state index in [1.54, 1.807) is 13.8 Å². The second-order valence-corrected chi connectivity index (χ2v) is 7.99. The van der Waals surface area contributed by atoms with Gasteiger partial charge in [-0.2, -0.15) is 0 Å². The highest BCUT2D eigenvalue weighted by Gasteiger charge is 2.51. The first-order valence-corrected chi connectivity index (χ1v) is 10.4. The van der Waals surface area contributed by atoms with Crippen LogP contribution in [0.1, 0.15) is 38.0 Å². The molecule has 1 saturated heterocycles. The molecule has 1 heterocycles. The minimum absolute atomic E-state index is 0.000172. The van der Waals surface area contributed by atoms with Crippen molar-refractivity contribution in [2.45, 2.75) is 38.4 Å². The van der Waals surface area contributed by atoms with E-state index in [1.165, 1.54) is 0 Å². The number of hydrogen-bond donors (Lipinski definition) is 1. The highest BCUT2D eigenvalue weighted by Crippen LogP contribution is 2.33. The van der Waals surface area contributed by atoms with Gasteiger partial charge in [-0.25, -0.2) is 4.79 Å². The molecule has 2 aromatic rings. The molecule has 8 heteroatoms. The fourth-order valence-corrected chi connectivity index (χ4v) is 3.72. The third-order valence-electron chi connectivity index (χ3n) is 4.97. The lowest BCUT2D eigenvalue weighted by molar-refractivity contribution is -0.155. The maximum absolute atomic E-state index is 13.2. The van der Waals surface area contributed by atoms with Gasteiger partial charge in [0.1, 0.15) is 17.2 Å². The first kappa shape index (κ1) is 23.2. The smallest absolute Gasteiger partial charge is 0.355 e. The van der Waals surface area contributed by atoms with Gasteiger partial charge in [0.05, 0.1) is 0 Å². The molecular weight excluding hydrogens is 432 g/mol. The van der Waals surface area contributed by atoms with Crippen molar-refractivity contribution in [1.82, 2.24) is 10.2 Å². The van der Waals surface area contributed by atoms with Gasteiger partial charge in [-0.1, -0.05) is 72.3 Å². The summed E-state index contributed by atoms with van der Waals surface area (Å²) in [7, 11) is 0. The standard InChI is InChI=1S/C24H23ClN2O5/c1-14(2)19(27-21(25)18(23(27)30)26-22(29)15(3)28)24(31)32-20(16-10-6-4-7-11-16)17-12-8-5-9-13-17/h4-13,18,20-21H,1-3H3,(H,26,29)/t18?,21-/m1/s1. The van der Waals surface area contributed by atoms with Crippen LogP contribution in [-0.2, 0) is 23.9 Å². The van der Waals surface area contributed by atoms with Crippen molar-refractivity contribution < 1.29 is 23.9 Å². The van der Waals surface area contributed by atoms with E-state index in [9.17, 15) is 19.2 Å². The van der Waals surface area contributed by atoms with Gasteiger partial charge in [0.15, 0.2) is 6.10 Å². The fraction of sp³-hybridized carbons (Fsp3) is 0.250. The lowest BCUT2D eigenvalue weighted by Crippen LogP contribution is -2.69. The van der Waals surface area contributed by atoms with Crippen LogP contribution >= 0.6 is 11.6 Å². The van der Waals surface area contributed by atoms with Gasteiger partial charge in [-0.05, 0) is 30.5 Å². The number of ketones is 1. The summed E-state index contributed by atoms with van der Waals surface area (Å²) in [6.45, 7) is 4.41. The van der Waals surface area contributed by atoms with Crippen molar-refractivity contribution in [3.05, 3.63) is 83.1 Å². The van der Waals surface area contributed by atoms with Crippen LogP contribution < -0.4 is 5.32 Å². The Labute approximate surface area is 191 Å². The zero-order valence-electron chi connectivity index (χ0n) is 17.9. The number of alkyl halides is 1. The van der Waals surface area contributed by atoms with Gasteiger partial charge in [-0.15, -0.1) is 0 Å². The van der Waals surface area contributed by atoms with Crippen LogP contribution in [0.5, 0.6) is 0 Å². The number of β-lactam (4-membered cyclic amide) rings is 1. The fourth-order valence-electron chi connectivity index (χ4n) is 3.35. The van der Waals surface area contributed by atoms with Crippen LogP contribution in [0.25, 0.3) is 0 Å². The third-order valence-corrected chi connectivity index (χ3v) is 5.42. The molecule has 2 aromatic carbocycles. The molecule has 0 aliphatic carbocycles. The summed E-state index contributed by atoms with van der Waals surface area (Å²) < 4.78 is 5.86. The number of Topliss-reactive ketones (excluding diaryl/α,β-unsaturated/α-hetero) is 1. The minimum Gasteiger partial charge on any atom is -0.448 e. The Kier molecular flexibility index (Phi) is 7.10. The first-order chi connectivity index (χ1) is 15.2. The van der Waals surface area contributed by atoms with E-state index in [0.717, 1.165) is 23.0 Å². The van der Waals surface area contributed by atoms with Crippen molar-refractivity contribution in [1.29, 1.82) is 0 Å². The molecule has 0 saturated carbocycles. The highest BCUT2D eigenvalue weighted by atomic mass is 35.5. The molecule has 2 atom stereocenters. The molecule has 2 amide bonds. The third kappa shape index (κ3) is 4.73. The van der Waals surface area contributed by atoms with E-state index >= 15 is 0 Å². The quantitative estimate of drug-likeness (QED) is 0.173. The summed E-state index contributed by atoms with van der Waals surface area (Å²) in [5.74, 6) is -2.97. The number of carbonyl (C=O) groups is 4. The number of benzene rings is 2. The molecule has 166 valence electrons. The van der Waals surface area contributed by atoms with Gasteiger partial charge in [0.25, 0.3) is 11.8 Å². The highest BCUT2D eigenvalue weighted by molar-refractivity contribution is 6.36. The second kappa shape index (κ2) is 9.78. The Morgan fingerprint density at radius 1 is 0.938 bits per heavy atom. The van der Waals surface area contributed by atoms with E-state index in [-0.39, 0.29) is 5.70 Å². The molecule has 0 aromatic heterocycles. The maximum Gasteiger partial charge on any atom is 0.355 e. The summed E-state index contributed by atoms with van der Waals surface area (Å²) in [4.78, 5) is 49.8. The molecule has 1 aliphatic rings. The molecule has 0 bridgehead atoms. The number of amides is 2. The van der Waals surface area contributed by atoms with Gasteiger partial charge in [0.2, 0.25) is 5.78 Å². The average Bonchev–Trinajstić information content (AvgIpc) is 2.79. The summed E-state index contributed by atoms with van der Waals surface area (Å²) >= 11 is 6.32. The van der Waals surface area contributed by atoms with Crippen molar-refractivity contribution >= 4 is 35.2 Å². The molecular formula is C24H23ClN2O5. The first-order valence-electron chi connectivity index (χ1n) is 9.99. The Hall–Kier alpha value is -3.45. The number of allylic oxidation sites excluding steroid dienone is 1. The van der Waals surface area contributed by atoms with Crippen LogP contribution in [0.3, 0.4) is 0 Å². The van der Waals surface area contributed by atoms with Gasteiger partial charge >= 0.3 is 5.97 Å². The zero-order chi connectivity index (χ0) is 23.4. The number of nitrogens with one attached hydrogen (secondary N) is 1. The van der Waals surface area contributed by atoms with Crippen LogP contribution in [0.2, 0.25) is 0 Å². The number of hydrogen-bond acceptors (Lipinski definition) is 5. The lowest BCUT2D eigenvalue weighted by atomic mass is 10.0. The minimum atomic E-state index is -1.10. The second-order valence-electron chi connectivity index (χ2n) is 7.54. The Bertz CT molecular complexity index is 1020. The zero-order valence-corrected chi connectivity index (χ0v) is 18.6. The van der Waals surface area contributed by atoms with E-state index < -0.39 is 41.2 Å². The molecule has 7 nitrogen and oxygen atoms in total. The monoisotopic (exact) mass is 454 g/mol. The number of esters is 1. The molecule has 0 radical (unpaired) electrons. The molecule has 32 heavy (non-hydrogen) atoms. The van der Waals surface area contributed by atoms with E-state index in [1.807, 2.05) is 60.7 Å². The largest absolute Gasteiger partial charge is 0.448 e. The summed E-state index contributed by atoms with van der Waals surface area (Å²) in [6, 6.07) is 17.4. The summed E-state index contributed by atoms with van der Waals surface area (Å²) in [6.07, 6.45) is -0.697. The van der Waals surface area contributed by atoms with Crippen LogP contribution in [0, 0.1) is 0 Å². The van der Waals surface area contributed by atoms with Crippen molar-refractivity contribution in [3.63, 3.8) is 0 Å². The summed E-state index contributed by atoms with van der Waals surface area (Å²) in [5, 5.41) is 2.28. The summed E-state index contributed by atoms with van der Waals surface area (Å²) in [5.41, 5.74) is 1.02. The normalized spacial score (nSPS) is 17.4. The van der Waals surface area contributed by atoms with E-state index in [0.29, 0.717) is 5.57 Å². The SMILES string of the molecule is CC(=O)C(=O)NC1C(=O)N(C(C(=O)OC(c2ccccc2)c2ccccc2)=C(C)C)[C@H]1Cl. The number of halogens is 1. The molecule has 3 rings (SSSR count). The van der Waals surface area contributed by atoms with E-state index in [4.69, 9.17) is 16.3 Å². The predicted molar refractivity (Wildman–Crippen MR) is 118 cm³/mol. The van der Waals surface area contributed by atoms with Crippen molar-refractivity contribution in [2.24, 2.45) is 0 Å². The lowest BCUT2D eigenvalue weighted by Gasteiger charge is -2.44. The topological polar surface area (TPSA) is 92.8 Å². The van der Waals surface area contributed by atoms with Crippen LogP contribution in [0.4, 0.5) is 0 Å². The molecule has 0 spiro atoms. The van der Waals surface area contributed by atoms with Gasteiger partial charge < -0.3 is 10.1 Å². The van der Waals surface area contributed by atoms with Gasteiger partial charge in [-0.3, -0.25) is 19.3 Å². The van der Waals surface area contributed by atoms with Crippen LogP contribution in [-0.4, -0.2) is 40.0 Å². The predicted octanol–water partition coefficient (Wildman–Crippen LogP) is 3.09.